The monoisotopic (exact) mass is 254 g/mol. The van der Waals surface area contributed by atoms with Crippen LogP contribution < -0.4 is 0 Å². The summed E-state index contributed by atoms with van der Waals surface area (Å²) < 4.78 is 0. The van der Waals surface area contributed by atoms with E-state index in [4.69, 9.17) is 5.11 Å². The fourth-order valence-electron chi connectivity index (χ4n) is 2.57. The molecule has 0 aromatic carbocycles. The maximum Gasteiger partial charge on any atom is 0.248 e. The summed E-state index contributed by atoms with van der Waals surface area (Å²) in [7, 11) is 0. The van der Waals surface area contributed by atoms with E-state index in [9.17, 15) is 9.59 Å². The number of hydrogen-bond acceptors (Lipinski definition) is 3. The highest BCUT2D eigenvalue weighted by Gasteiger charge is 2.25. The molecule has 0 aromatic heterocycles. The Balaban J connectivity index is 1.68. The first kappa shape index (κ1) is 13.3. The zero-order valence-electron chi connectivity index (χ0n) is 10.8. The average Bonchev–Trinajstić information content (AvgIpc) is 2.36. The maximum absolute atomic E-state index is 12.0. The molecule has 2 fully saturated rings. The number of rotatable bonds is 4. The van der Waals surface area contributed by atoms with Crippen molar-refractivity contribution in [1.82, 2.24) is 9.80 Å². The summed E-state index contributed by atoms with van der Waals surface area (Å²) in [5, 5.41) is 8.77. The van der Waals surface area contributed by atoms with Gasteiger partial charge in [0.25, 0.3) is 0 Å². The van der Waals surface area contributed by atoms with Crippen molar-refractivity contribution in [3.63, 3.8) is 0 Å². The van der Waals surface area contributed by atoms with Gasteiger partial charge in [0.05, 0.1) is 0 Å². The van der Waals surface area contributed by atoms with Gasteiger partial charge in [0.1, 0.15) is 6.61 Å². The number of nitrogens with zero attached hydrogens (tertiary/aromatic N) is 2. The Kier molecular flexibility index (Phi) is 4.58. The predicted molar refractivity (Wildman–Crippen MR) is 66.8 cm³/mol. The molecular weight excluding hydrogens is 232 g/mol. The lowest BCUT2D eigenvalue weighted by atomic mass is 9.82. The van der Waals surface area contributed by atoms with Crippen LogP contribution in [0.3, 0.4) is 0 Å². The van der Waals surface area contributed by atoms with Crippen molar-refractivity contribution in [3.8, 4) is 0 Å². The van der Waals surface area contributed by atoms with Crippen molar-refractivity contribution < 1.29 is 14.7 Å². The summed E-state index contributed by atoms with van der Waals surface area (Å²) in [4.78, 5) is 26.7. The Hall–Kier alpha value is -1.10. The molecule has 1 aliphatic carbocycles. The number of carbonyl (C=O) groups excluding carboxylic acids is 2. The van der Waals surface area contributed by atoms with E-state index in [1.54, 1.807) is 4.90 Å². The number of piperazine rings is 1. The molecule has 1 aliphatic heterocycles. The van der Waals surface area contributed by atoms with Crippen LogP contribution >= 0.6 is 0 Å². The molecule has 102 valence electrons. The fraction of sp³-hybridized carbons (Fsp3) is 0.846. The summed E-state index contributed by atoms with van der Waals surface area (Å²) >= 11 is 0. The van der Waals surface area contributed by atoms with Crippen LogP contribution in [0.5, 0.6) is 0 Å². The molecule has 0 unspecified atom stereocenters. The molecule has 18 heavy (non-hydrogen) atoms. The number of hydrogen-bond donors (Lipinski definition) is 1. The minimum absolute atomic E-state index is 0.220. The molecule has 0 aromatic rings. The Morgan fingerprint density at radius 1 is 1.00 bits per heavy atom. The molecule has 1 N–H and O–H groups in total. The van der Waals surface area contributed by atoms with E-state index in [0.717, 1.165) is 12.3 Å². The van der Waals surface area contributed by atoms with Gasteiger partial charge >= 0.3 is 0 Å². The van der Waals surface area contributed by atoms with Crippen molar-refractivity contribution in [3.05, 3.63) is 0 Å². The first-order valence-corrected chi connectivity index (χ1v) is 6.87. The van der Waals surface area contributed by atoms with E-state index in [0.29, 0.717) is 32.6 Å². The van der Waals surface area contributed by atoms with Gasteiger partial charge in [-0.2, -0.15) is 0 Å². The highest BCUT2D eigenvalue weighted by atomic mass is 16.3. The summed E-state index contributed by atoms with van der Waals surface area (Å²) in [5.41, 5.74) is 0. The van der Waals surface area contributed by atoms with Crippen molar-refractivity contribution in [2.24, 2.45) is 5.92 Å². The molecule has 2 aliphatic rings. The molecular formula is C13H22N2O3. The first-order valence-electron chi connectivity index (χ1n) is 6.87. The van der Waals surface area contributed by atoms with E-state index in [1.807, 2.05) is 4.90 Å². The molecule has 0 atom stereocenters. The van der Waals surface area contributed by atoms with E-state index in [-0.39, 0.29) is 11.8 Å². The fourth-order valence-corrected chi connectivity index (χ4v) is 2.57. The van der Waals surface area contributed by atoms with Crippen LogP contribution in [0, 0.1) is 5.92 Å². The number of amides is 2. The second kappa shape index (κ2) is 6.18. The van der Waals surface area contributed by atoms with E-state index in [2.05, 4.69) is 0 Å². The van der Waals surface area contributed by atoms with Crippen molar-refractivity contribution in [2.45, 2.75) is 32.1 Å². The average molecular weight is 254 g/mol. The molecule has 1 saturated carbocycles. The largest absolute Gasteiger partial charge is 0.387 e. The molecule has 0 radical (unpaired) electrons. The van der Waals surface area contributed by atoms with Gasteiger partial charge < -0.3 is 14.9 Å². The van der Waals surface area contributed by atoms with Gasteiger partial charge in [-0.3, -0.25) is 9.59 Å². The van der Waals surface area contributed by atoms with E-state index in [1.165, 1.54) is 19.3 Å². The van der Waals surface area contributed by atoms with Gasteiger partial charge in [-0.25, -0.2) is 0 Å². The Morgan fingerprint density at radius 3 is 2.00 bits per heavy atom. The molecule has 1 heterocycles. The number of carbonyl (C=O) groups is 2. The smallest absolute Gasteiger partial charge is 0.248 e. The van der Waals surface area contributed by atoms with Crippen LogP contribution in [0.25, 0.3) is 0 Å². The minimum Gasteiger partial charge on any atom is -0.387 e. The highest BCUT2D eigenvalue weighted by Crippen LogP contribution is 2.30. The Bertz CT molecular complexity index is 307. The van der Waals surface area contributed by atoms with Crippen molar-refractivity contribution in [1.29, 1.82) is 0 Å². The first-order chi connectivity index (χ1) is 8.70. The minimum atomic E-state index is -0.435. The van der Waals surface area contributed by atoms with Gasteiger partial charge in [0.2, 0.25) is 11.8 Å². The summed E-state index contributed by atoms with van der Waals surface area (Å²) in [5.74, 6) is 0.751. The molecule has 2 amide bonds. The lowest BCUT2D eigenvalue weighted by molar-refractivity contribution is -0.141. The zero-order valence-corrected chi connectivity index (χ0v) is 10.8. The molecule has 5 heteroatoms. The predicted octanol–water partition coefficient (Wildman–Crippen LogP) is 0.230. The van der Waals surface area contributed by atoms with Crippen molar-refractivity contribution >= 4 is 11.8 Å². The SMILES string of the molecule is O=C(CO)N1CCN(C(=O)CCC2CCC2)CC1. The van der Waals surface area contributed by atoms with Gasteiger partial charge in [-0.1, -0.05) is 19.3 Å². The molecule has 0 spiro atoms. The van der Waals surface area contributed by atoms with Crippen LogP contribution in [-0.2, 0) is 9.59 Å². The third kappa shape index (κ3) is 3.22. The van der Waals surface area contributed by atoms with Gasteiger partial charge in [-0.15, -0.1) is 0 Å². The maximum atomic E-state index is 12.0. The number of aliphatic hydroxyl groups excluding tert-OH is 1. The topological polar surface area (TPSA) is 60.9 Å². The zero-order chi connectivity index (χ0) is 13.0. The molecule has 5 nitrogen and oxygen atoms in total. The second-order valence-electron chi connectivity index (χ2n) is 5.26. The van der Waals surface area contributed by atoms with E-state index < -0.39 is 6.61 Å². The van der Waals surface area contributed by atoms with Crippen LogP contribution in [0.4, 0.5) is 0 Å². The Morgan fingerprint density at radius 2 is 1.56 bits per heavy atom. The van der Waals surface area contributed by atoms with Crippen LogP contribution in [-0.4, -0.2) is 59.5 Å². The van der Waals surface area contributed by atoms with Crippen LogP contribution in [0.15, 0.2) is 0 Å². The normalized spacial score (nSPS) is 20.7. The standard InChI is InChI=1S/C13H22N2O3/c16-10-13(18)15-8-6-14(7-9-15)12(17)5-4-11-2-1-3-11/h11,16H,1-10H2. The highest BCUT2D eigenvalue weighted by molar-refractivity contribution is 5.79. The second-order valence-corrected chi connectivity index (χ2v) is 5.26. The lowest BCUT2D eigenvalue weighted by Crippen LogP contribution is -2.51. The van der Waals surface area contributed by atoms with Crippen LogP contribution in [0.1, 0.15) is 32.1 Å². The molecule has 1 saturated heterocycles. The lowest BCUT2D eigenvalue weighted by Gasteiger charge is -2.35. The van der Waals surface area contributed by atoms with Crippen LogP contribution in [0.2, 0.25) is 0 Å². The molecule has 2 rings (SSSR count). The summed E-state index contributed by atoms with van der Waals surface area (Å²) in [6.07, 6.45) is 5.56. The van der Waals surface area contributed by atoms with Crippen molar-refractivity contribution in [2.75, 3.05) is 32.8 Å². The quantitative estimate of drug-likeness (QED) is 0.781. The molecule has 0 bridgehead atoms. The van der Waals surface area contributed by atoms with E-state index >= 15 is 0 Å². The van der Waals surface area contributed by atoms with Gasteiger partial charge in [-0.05, 0) is 12.3 Å². The third-order valence-corrected chi connectivity index (χ3v) is 4.11. The van der Waals surface area contributed by atoms with Gasteiger partial charge in [0, 0.05) is 32.6 Å². The Labute approximate surface area is 108 Å². The number of aliphatic hydroxyl groups is 1. The third-order valence-electron chi connectivity index (χ3n) is 4.11. The summed E-state index contributed by atoms with van der Waals surface area (Å²) in [6, 6.07) is 0. The van der Waals surface area contributed by atoms with Gasteiger partial charge in [0.15, 0.2) is 0 Å². The summed E-state index contributed by atoms with van der Waals surface area (Å²) in [6.45, 7) is 1.88.